The zero-order valence-electron chi connectivity index (χ0n) is 14.7. The molecule has 1 aromatic carbocycles. The first-order chi connectivity index (χ1) is 11.5. The number of nitrogens with one attached hydrogen (secondary N) is 2. The van der Waals surface area contributed by atoms with Crippen molar-refractivity contribution >= 4 is 29.0 Å². The molecule has 2 rings (SSSR count). The molecule has 1 heterocycles. The molecule has 0 spiro atoms. The van der Waals surface area contributed by atoms with E-state index >= 15 is 0 Å². The number of nitrogens with zero attached hydrogens (tertiary/aromatic N) is 3. The first-order valence-electron chi connectivity index (χ1n) is 8.24. The van der Waals surface area contributed by atoms with E-state index in [4.69, 9.17) is 0 Å². The van der Waals surface area contributed by atoms with Crippen molar-refractivity contribution in [1.82, 2.24) is 15.2 Å². The molecule has 0 saturated carbocycles. The highest BCUT2D eigenvalue weighted by atomic mass is 32.2. The van der Waals surface area contributed by atoms with E-state index in [1.807, 2.05) is 31.2 Å². The van der Waals surface area contributed by atoms with Crippen LogP contribution in [0.15, 0.2) is 29.4 Å². The van der Waals surface area contributed by atoms with Crippen LogP contribution >= 0.6 is 11.8 Å². The molecule has 24 heavy (non-hydrogen) atoms. The van der Waals surface area contributed by atoms with Crippen LogP contribution in [0.4, 0.5) is 11.4 Å². The van der Waals surface area contributed by atoms with Crippen molar-refractivity contribution in [2.45, 2.75) is 45.3 Å². The second kappa shape index (κ2) is 8.73. The minimum absolute atomic E-state index is 0.0631. The van der Waals surface area contributed by atoms with Crippen LogP contribution in [0, 0.1) is 0 Å². The van der Waals surface area contributed by atoms with E-state index in [9.17, 15) is 4.79 Å². The molecule has 0 fully saturated rings. The lowest BCUT2D eigenvalue weighted by Gasteiger charge is -2.27. The predicted molar refractivity (Wildman–Crippen MR) is 99.7 cm³/mol. The van der Waals surface area contributed by atoms with Gasteiger partial charge in [0.2, 0.25) is 11.1 Å². The number of thioether (sulfide) groups is 1. The summed E-state index contributed by atoms with van der Waals surface area (Å²) in [4.78, 5) is 18.6. The van der Waals surface area contributed by atoms with E-state index in [0.717, 1.165) is 30.2 Å². The number of aromatic amines is 1. The molecule has 2 aromatic rings. The summed E-state index contributed by atoms with van der Waals surface area (Å²) in [6.45, 7) is 9.44. The average molecular weight is 347 g/mol. The Labute approximate surface area is 147 Å². The van der Waals surface area contributed by atoms with Crippen molar-refractivity contribution in [2.75, 3.05) is 22.5 Å². The summed E-state index contributed by atoms with van der Waals surface area (Å²) in [6.07, 6.45) is 0.803. The molecule has 1 aromatic heterocycles. The largest absolute Gasteiger partial charge is 0.369 e. The zero-order valence-corrected chi connectivity index (χ0v) is 15.5. The SMILES string of the molecule is CCc1nc(SCC(=O)Nc2ccc(N(CC)C(C)C)cc2)n[nH]1. The third-order valence-corrected chi connectivity index (χ3v) is 4.47. The van der Waals surface area contributed by atoms with Gasteiger partial charge in [0.05, 0.1) is 5.75 Å². The van der Waals surface area contributed by atoms with Crippen LogP contribution in [0.3, 0.4) is 0 Å². The Kier molecular flexibility index (Phi) is 6.66. The highest BCUT2D eigenvalue weighted by Gasteiger charge is 2.10. The summed E-state index contributed by atoms with van der Waals surface area (Å²) < 4.78 is 0. The van der Waals surface area contributed by atoms with Crippen molar-refractivity contribution in [2.24, 2.45) is 0 Å². The fourth-order valence-corrected chi connectivity index (χ4v) is 3.03. The lowest BCUT2D eigenvalue weighted by molar-refractivity contribution is -0.113. The van der Waals surface area contributed by atoms with Gasteiger partial charge in [0.25, 0.3) is 0 Å². The van der Waals surface area contributed by atoms with Gasteiger partial charge in [-0.05, 0) is 45.0 Å². The minimum Gasteiger partial charge on any atom is -0.369 e. The van der Waals surface area contributed by atoms with Crippen LogP contribution in [0.1, 0.15) is 33.5 Å². The van der Waals surface area contributed by atoms with E-state index in [1.54, 1.807) is 0 Å². The maximum atomic E-state index is 12.0. The van der Waals surface area contributed by atoms with Crippen molar-refractivity contribution in [3.05, 3.63) is 30.1 Å². The number of anilines is 2. The predicted octanol–water partition coefficient (Wildman–Crippen LogP) is 3.33. The maximum absolute atomic E-state index is 12.0. The molecule has 0 radical (unpaired) electrons. The van der Waals surface area contributed by atoms with Gasteiger partial charge in [0.15, 0.2) is 0 Å². The lowest BCUT2D eigenvalue weighted by Crippen LogP contribution is -2.30. The summed E-state index contributed by atoms with van der Waals surface area (Å²) in [5.41, 5.74) is 1.96. The van der Waals surface area contributed by atoms with Gasteiger partial charge < -0.3 is 10.2 Å². The van der Waals surface area contributed by atoms with Gasteiger partial charge in [0.1, 0.15) is 5.82 Å². The quantitative estimate of drug-likeness (QED) is 0.717. The molecule has 0 unspecified atom stereocenters. The number of carbonyl (C=O) groups excluding carboxylic acids is 1. The third-order valence-electron chi connectivity index (χ3n) is 3.63. The van der Waals surface area contributed by atoms with Crippen LogP contribution in [-0.2, 0) is 11.2 Å². The molecule has 130 valence electrons. The van der Waals surface area contributed by atoms with Crippen LogP contribution in [0.5, 0.6) is 0 Å². The van der Waals surface area contributed by atoms with Crippen LogP contribution in [0.2, 0.25) is 0 Å². The van der Waals surface area contributed by atoms with Gasteiger partial charge in [-0.2, -0.15) is 0 Å². The fraction of sp³-hybridized carbons (Fsp3) is 0.471. The van der Waals surface area contributed by atoms with Gasteiger partial charge in [0, 0.05) is 30.4 Å². The van der Waals surface area contributed by atoms with Crippen molar-refractivity contribution < 1.29 is 4.79 Å². The molecule has 2 N–H and O–H groups in total. The number of H-pyrrole nitrogens is 1. The van der Waals surface area contributed by atoms with E-state index in [1.165, 1.54) is 11.8 Å². The Morgan fingerprint density at radius 2 is 2.00 bits per heavy atom. The molecular formula is C17H25N5OS. The summed E-state index contributed by atoms with van der Waals surface area (Å²) in [7, 11) is 0. The van der Waals surface area contributed by atoms with Crippen molar-refractivity contribution in [1.29, 1.82) is 0 Å². The second-order valence-electron chi connectivity index (χ2n) is 5.68. The summed E-state index contributed by atoms with van der Waals surface area (Å²) in [5.74, 6) is 1.06. The topological polar surface area (TPSA) is 73.9 Å². The third kappa shape index (κ3) is 4.99. The Bertz CT molecular complexity index is 653. The standard InChI is InChI=1S/C17H25N5OS/c1-5-15-19-17(21-20-15)24-11-16(23)18-13-7-9-14(10-8-13)22(6-2)12(3)4/h7-10,12H,5-6,11H2,1-4H3,(H,18,23)(H,19,20,21). The Morgan fingerprint density at radius 1 is 1.29 bits per heavy atom. The number of aromatic nitrogens is 3. The Hall–Kier alpha value is -2.02. The second-order valence-corrected chi connectivity index (χ2v) is 6.62. The smallest absolute Gasteiger partial charge is 0.234 e. The number of amides is 1. The first kappa shape index (κ1) is 18.3. The van der Waals surface area contributed by atoms with Gasteiger partial charge >= 0.3 is 0 Å². The maximum Gasteiger partial charge on any atom is 0.234 e. The number of aryl methyl sites for hydroxylation is 1. The number of hydrogen-bond acceptors (Lipinski definition) is 5. The number of rotatable bonds is 8. The van der Waals surface area contributed by atoms with E-state index in [-0.39, 0.29) is 11.7 Å². The summed E-state index contributed by atoms with van der Waals surface area (Å²) >= 11 is 1.33. The van der Waals surface area contributed by atoms with Crippen LogP contribution in [-0.4, -0.2) is 39.4 Å². The van der Waals surface area contributed by atoms with Crippen LogP contribution in [0.25, 0.3) is 0 Å². The average Bonchev–Trinajstić information content (AvgIpc) is 3.03. The number of benzene rings is 1. The zero-order chi connectivity index (χ0) is 17.5. The summed E-state index contributed by atoms with van der Waals surface area (Å²) in [5, 5.41) is 10.4. The Balaban J connectivity index is 1.87. The van der Waals surface area contributed by atoms with Crippen molar-refractivity contribution in [3.63, 3.8) is 0 Å². The van der Waals surface area contributed by atoms with Gasteiger partial charge in [-0.1, -0.05) is 18.7 Å². The van der Waals surface area contributed by atoms with E-state index < -0.39 is 0 Å². The monoisotopic (exact) mass is 347 g/mol. The van der Waals surface area contributed by atoms with Crippen LogP contribution < -0.4 is 10.2 Å². The normalized spacial score (nSPS) is 10.9. The molecule has 0 aliphatic rings. The Morgan fingerprint density at radius 3 is 2.54 bits per heavy atom. The molecule has 0 saturated heterocycles. The van der Waals surface area contributed by atoms with Gasteiger partial charge in [-0.15, -0.1) is 5.10 Å². The highest BCUT2D eigenvalue weighted by molar-refractivity contribution is 7.99. The first-order valence-corrected chi connectivity index (χ1v) is 9.22. The van der Waals surface area contributed by atoms with Gasteiger partial charge in [-0.25, -0.2) is 4.98 Å². The molecule has 0 aliphatic heterocycles. The molecule has 0 aliphatic carbocycles. The summed E-state index contributed by atoms with van der Waals surface area (Å²) in [6, 6.07) is 8.39. The number of carbonyl (C=O) groups is 1. The van der Waals surface area contributed by atoms with Crippen molar-refractivity contribution in [3.8, 4) is 0 Å². The number of hydrogen-bond donors (Lipinski definition) is 2. The molecular weight excluding hydrogens is 322 g/mol. The van der Waals surface area contributed by atoms with E-state index in [0.29, 0.717) is 11.2 Å². The molecule has 0 atom stereocenters. The van der Waals surface area contributed by atoms with E-state index in [2.05, 4.69) is 46.2 Å². The van der Waals surface area contributed by atoms with Gasteiger partial charge in [-0.3, -0.25) is 9.89 Å². The molecule has 7 heteroatoms. The molecule has 6 nitrogen and oxygen atoms in total. The minimum atomic E-state index is -0.0631. The fourth-order valence-electron chi connectivity index (χ4n) is 2.41. The molecule has 1 amide bonds. The molecule has 0 bridgehead atoms. The lowest BCUT2D eigenvalue weighted by atomic mass is 10.2. The highest BCUT2D eigenvalue weighted by Crippen LogP contribution is 2.20.